The second-order valence-electron chi connectivity index (χ2n) is 7.01. The minimum Gasteiger partial charge on any atom is -0.378 e. The van der Waals surface area contributed by atoms with E-state index in [1.54, 1.807) is 17.0 Å². The zero-order valence-corrected chi connectivity index (χ0v) is 18.9. The average molecular weight is 485 g/mol. The molecule has 0 saturated carbocycles. The Morgan fingerprint density at radius 3 is 2.50 bits per heavy atom. The third kappa shape index (κ3) is 4.48. The second-order valence-corrected chi connectivity index (χ2v) is 9.01. The van der Waals surface area contributed by atoms with Crippen LogP contribution in [0.4, 0.5) is 5.69 Å². The van der Waals surface area contributed by atoms with Crippen molar-refractivity contribution in [3.05, 3.63) is 75.1 Å². The number of carbonyl (C=O) groups excluding carboxylic acids is 2. The van der Waals surface area contributed by atoms with Crippen molar-refractivity contribution >= 4 is 44.8 Å². The van der Waals surface area contributed by atoms with Gasteiger partial charge >= 0.3 is 0 Å². The first kappa shape index (κ1) is 20.8. The lowest BCUT2D eigenvalue weighted by molar-refractivity contribution is 0.0302. The van der Waals surface area contributed by atoms with Crippen LogP contribution in [0.5, 0.6) is 0 Å². The molecule has 0 atom stereocenters. The number of anilines is 1. The molecule has 1 aliphatic rings. The summed E-state index contributed by atoms with van der Waals surface area (Å²) in [7, 11) is 0. The Labute approximate surface area is 187 Å². The van der Waals surface area contributed by atoms with Gasteiger partial charge < -0.3 is 15.0 Å². The Morgan fingerprint density at radius 2 is 1.77 bits per heavy atom. The van der Waals surface area contributed by atoms with Gasteiger partial charge in [0.05, 0.1) is 18.1 Å². The first-order valence-corrected chi connectivity index (χ1v) is 11.3. The van der Waals surface area contributed by atoms with Crippen LogP contribution >= 0.6 is 27.3 Å². The molecule has 0 spiro atoms. The number of hydrogen-bond acceptors (Lipinski definition) is 4. The van der Waals surface area contributed by atoms with Crippen molar-refractivity contribution in [2.45, 2.75) is 6.92 Å². The van der Waals surface area contributed by atoms with Gasteiger partial charge in [-0.3, -0.25) is 9.59 Å². The Hall–Kier alpha value is -2.48. The number of carbonyl (C=O) groups is 2. The summed E-state index contributed by atoms with van der Waals surface area (Å²) in [6, 6.07) is 17.2. The first-order valence-electron chi connectivity index (χ1n) is 9.66. The molecule has 30 heavy (non-hydrogen) atoms. The number of halogens is 1. The number of amides is 2. The molecule has 1 aromatic heterocycles. The molecule has 0 unspecified atom stereocenters. The van der Waals surface area contributed by atoms with E-state index < -0.39 is 0 Å². The van der Waals surface area contributed by atoms with Gasteiger partial charge in [-0.25, -0.2) is 0 Å². The molecule has 2 aromatic carbocycles. The summed E-state index contributed by atoms with van der Waals surface area (Å²) in [6.07, 6.45) is 0. The highest BCUT2D eigenvalue weighted by molar-refractivity contribution is 9.10. The van der Waals surface area contributed by atoms with Gasteiger partial charge in [0.25, 0.3) is 11.8 Å². The molecule has 4 rings (SSSR count). The van der Waals surface area contributed by atoms with Gasteiger partial charge in [0, 0.05) is 33.7 Å². The van der Waals surface area contributed by atoms with Crippen LogP contribution in [0.15, 0.2) is 59.1 Å². The van der Waals surface area contributed by atoms with Crippen LogP contribution in [0.2, 0.25) is 0 Å². The number of thiophene rings is 1. The highest BCUT2D eigenvalue weighted by Crippen LogP contribution is 2.30. The van der Waals surface area contributed by atoms with E-state index in [1.165, 1.54) is 11.3 Å². The fourth-order valence-corrected chi connectivity index (χ4v) is 4.52. The number of nitrogens with zero attached hydrogens (tertiary/aromatic N) is 1. The van der Waals surface area contributed by atoms with Gasteiger partial charge in [-0.05, 0) is 54.4 Å². The molecule has 2 amide bonds. The molecule has 0 bridgehead atoms. The molecule has 2 heterocycles. The summed E-state index contributed by atoms with van der Waals surface area (Å²) < 4.78 is 6.35. The van der Waals surface area contributed by atoms with E-state index in [0.717, 1.165) is 20.5 Å². The van der Waals surface area contributed by atoms with E-state index in [0.29, 0.717) is 42.4 Å². The topological polar surface area (TPSA) is 58.6 Å². The summed E-state index contributed by atoms with van der Waals surface area (Å²) in [6.45, 7) is 4.15. The molecule has 7 heteroatoms. The van der Waals surface area contributed by atoms with Gasteiger partial charge in [0.1, 0.15) is 0 Å². The predicted molar refractivity (Wildman–Crippen MR) is 123 cm³/mol. The summed E-state index contributed by atoms with van der Waals surface area (Å²) in [5, 5.41) is 2.97. The van der Waals surface area contributed by atoms with E-state index in [9.17, 15) is 9.59 Å². The minimum atomic E-state index is -0.178. The zero-order chi connectivity index (χ0) is 21.1. The van der Waals surface area contributed by atoms with E-state index in [2.05, 4.69) is 21.2 Å². The molecule has 0 aliphatic carbocycles. The van der Waals surface area contributed by atoms with Crippen molar-refractivity contribution in [1.82, 2.24) is 4.90 Å². The summed E-state index contributed by atoms with van der Waals surface area (Å²) in [5.41, 5.74) is 3.10. The molecule has 3 aromatic rings. The van der Waals surface area contributed by atoms with Gasteiger partial charge in [-0.15, -0.1) is 11.3 Å². The van der Waals surface area contributed by atoms with E-state index >= 15 is 0 Å². The molecule has 1 saturated heterocycles. The van der Waals surface area contributed by atoms with Gasteiger partial charge in [0.15, 0.2) is 0 Å². The molecule has 5 nitrogen and oxygen atoms in total. The van der Waals surface area contributed by atoms with Gasteiger partial charge in [-0.2, -0.15) is 0 Å². The molecule has 1 N–H and O–H groups in total. The van der Waals surface area contributed by atoms with Crippen molar-refractivity contribution in [2.75, 3.05) is 31.6 Å². The second kappa shape index (κ2) is 9.12. The van der Waals surface area contributed by atoms with Crippen LogP contribution in [0.1, 0.15) is 25.6 Å². The number of morpholine rings is 1. The molecule has 0 radical (unpaired) electrons. The SMILES string of the molecule is Cc1c(NC(=O)c2ccc(-c3ccc(Br)cc3)s2)cccc1C(=O)N1CCOCC1. The van der Waals surface area contributed by atoms with Crippen LogP contribution < -0.4 is 5.32 Å². The smallest absolute Gasteiger partial charge is 0.265 e. The Morgan fingerprint density at radius 1 is 1.03 bits per heavy atom. The average Bonchev–Trinajstić information content (AvgIpc) is 3.26. The Kier molecular flexibility index (Phi) is 6.32. The molecule has 154 valence electrons. The highest BCUT2D eigenvalue weighted by atomic mass is 79.9. The Balaban J connectivity index is 1.51. The lowest BCUT2D eigenvalue weighted by atomic mass is 10.0. The number of ether oxygens (including phenoxy) is 1. The van der Waals surface area contributed by atoms with Crippen molar-refractivity contribution < 1.29 is 14.3 Å². The summed E-state index contributed by atoms with van der Waals surface area (Å²) in [4.78, 5) is 29.1. The van der Waals surface area contributed by atoms with Crippen molar-refractivity contribution in [3.8, 4) is 10.4 Å². The number of hydrogen-bond donors (Lipinski definition) is 1. The third-order valence-electron chi connectivity index (χ3n) is 5.07. The lowest BCUT2D eigenvalue weighted by Gasteiger charge is -2.27. The molecule has 1 aliphatic heterocycles. The van der Waals surface area contributed by atoms with E-state index in [1.807, 2.05) is 49.4 Å². The third-order valence-corrected chi connectivity index (χ3v) is 6.73. The van der Waals surface area contributed by atoms with Crippen LogP contribution in [0.3, 0.4) is 0 Å². The van der Waals surface area contributed by atoms with Crippen LogP contribution in [-0.4, -0.2) is 43.0 Å². The number of rotatable bonds is 4. The normalized spacial score (nSPS) is 13.9. The largest absolute Gasteiger partial charge is 0.378 e. The van der Waals surface area contributed by atoms with Gasteiger partial charge in [-0.1, -0.05) is 34.1 Å². The number of benzene rings is 2. The Bertz CT molecular complexity index is 1070. The quantitative estimate of drug-likeness (QED) is 0.552. The van der Waals surface area contributed by atoms with Crippen molar-refractivity contribution in [3.63, 3.8) is 0 Å². The standard InChI is InChI=1S/C23H21BrN2O3S/c1-15-18(23(28)26-11-13-29-14-12-26)3-2-4-19(15)25-22(27)21-10-9-20(30-21)16-5-7-17(24)8-6-16/h2-10H,11-14H2,1H3,(H,25,27). The lowest BCUT2D eigenvalue weighted by Crippen LogP contribution is -2.41. The zero-order valence-electron chi connectivity index (χ0n) is 16.5. The molecular weight excluding hydrogens is 464 g/mol. The predicted octanol–water partition coefficient (Wildman–Crippen LogP) is 5.21. The fraction of sp³-hybridized carbons (Fsp3) is 0.217. The first-order chi connectivity index (χ1) is 14.5. The maximum Gasteiger partial charge on any atom is 0.265 e. The maximum absolute atomic E-state index is 12.9. The van der Waals surface area contributed by atoms with Crippen LogP contribution in [-0.2, 0) is 4.74 Å². The molecular formula is C23H21BrN2O3S. The van der Waals surface area contributed by atoms with Crippen molar-refractivity contribution in [2.24, 2.45) is 0 Å². The van der Waals surface area contributed by atoms with E-state index in [4.69, 9.17) is 4.74 Å². The van der Waals surface area contributed by atoms with Gasteiger partial charge in [0.2, 0.25) is 0 Å². The minimum absolute atomic E-state index is 0.0273. The molecule has 1 fully saturated rings. The highest BCUT2D eigenvalue weighted by Gasteiger charge is 2.21. The maximum atomic E-state index is 12.9. The van der Waals surface area contributed by atoms with Crippen molar-refractivity contribution in [1.29, 1.82) is 0 Å². The fourth-order valence-electron chi connectivity index (χ4n) is 3.35. The van der Waals surface area contributed by atoms with Crippen LogP contribution in [0.25, 0.3) is 10.4 Å². The van der Waals surface area contributed by atoms with Crippen LogP contribution in [0, 0.1) is 6.92 Å². The monoisotopic (exact) mass is 484 g/mol. The summed E-state index contributed by atoms with van der Waals surface area (Å²) in [5.74, 6) is -0.206. The number of nitrogens with one attached hydrogen (secondary N) is 1. The summed E-state index contributed by atoms with van der Waals surface area (Å²) >= 11 is 4.88. The van der Waals surface area contributed by atoms with E-state index in [-0.39, 0.29) is 11.8 Å².